The molecule has 2 aromatic rings. The first-order valence-corrected chi connectivity index (χ1v) is 13.4. The number of nitrogens with one attached hydrogen (secondary N) is 1. The van der Waals surface area contributed by atoms with Crippen LogP contribution in [-0.4, -0.2) is 72.0 Å². The van der Waals surface area contributed by atoms with Crippen molar-refractivity contribution in [2.24, 2.45) is 5.92 Å². The summed E-state index contributed by atoms with van der Waals surface area (Å²) in [6, 6.07) is 11.5. The molecule has 2 aliphatic rings. The second-order valence-electron chi connectivity index (χ2n) is 10.6. The Balaban J connectivity index is 1.27. The normalized spacial score (nSPS) is 19.0. The van der Waals surface area contributed by atoms with E-state index in [1.807, 2.05) is 11.8 Å². The van der Waals surface area contributed by atoms with Crippen LogP contribution in [0.5, 0.6) is 0 Å². The highest BCUT2D eigenvalue weighted by Gasteiger charge is 2.39. The summed E-state index contributed by atoms with van der Waals surface area (Å²) in [6.45, 7) is 10.7. The number of hydrogen-bond donors (Lipinski definition) is 1. The number of halogens is 3. The topological polar surface area (TPSA) is 82.0 Å². The fourth-order valence-electron chi connectivity index (χ4n) is 5.45. The first-order chi connectivity index (χ1) is 18.4. The van der Waals surface area contributed by atoms with Crippen molar-refractivity contribution in [2.45, 2.75) is 51.9 Å². The summed E-state index contributed by atoms with van der Waals surface area (Å²) in [7, 11) is 0. The lowest BCUT2D eigenvalue weighted by Gasteiger charge is -2.42. The van der Waals surface area contributed by atoms with Crippen molar-refractivity contribution in [3.05, 3.63) is 63.7 Å². The molecule has 2 heterocycles. The van der Waals surface area contributed by atoms with Gasteiger partial charge in [-0.3, -0.25) is 19.8 Å². The van der Waals surface area contributed by atoms with Crippen LogP contribution in [0, 0.1) is 23.0 Å². The van der Waals surface area contributed by atoms with Crippen molar-refractivity contribution >= 4 is 23.0 Å². The molecule has 1 N–H and O–H groups in total. The van der Waals surface area contributed by atoms with Gasteiger partial charge in [0.05, 0.1) is 10.8 Å². The van der Waals surface area contributed by atoms with E-state index in [1.165, 1.54) is 17.3 Å². The largest absolute Gasteiger partial charge is 0.423 e. The summed E-state index contributed by atoms with van der Waals surface area (Å²) in [5.41, 5.74) is 0.405. The maximum atomic E-state index is 13.3. The van der Waals surface area contributed by atoms with Gasteiger partial charge in [0.1, 0.15) is 5.56 Å². The number of nitrogens with zero attached hydrogens (tertiary/aromatic N) is 4. The van der Waals surface area contributed by atoms with Crippen molar-refractivity contribution < 1.29 is 22.9 Å². The molecule has 2 atom stereocenters. The van der Waals surface area contributed by atoms with E-state index >= 15 is 0 Å². The first-order valence-electron chi connectivity index (χ1n) is 13.4. The van der Waals surface area contributed by atoms with Gasteiger partial charge in [0.15, 0.2) is 0 Å². The van der Waals surface area contributed by atoms with Crippen molar-refractivity contribution in [1.29, 1.82) is 0 Å². The minimum absolute atomic E-state index is 0.0921. The molecule has 2 fully saturated rings. The van der Waals surface area contributed by atoms with Crippen LogP contribution in [0.2, 0.25) is 0 Å². The molecule has 2 saturated heterocycles. The highest BCUT2D eigenvalue weighted by Crippen LogP contribution is 2.38. The number of carbonyl (C=O) groups is 1. The average Bonchev–Trinajstić information content (AvgIpc) is 2.92. The highest BCUT2D eigenvalue weighted by atomic mass is 19.4. The number of piperazine rings is 1. The molecule has 4 rings (SSSR count). The number of rotatable bonds is 7. The van der Waals surface area contributed by atoms with E-state index in [2.05, 4.69) is 53.2 Å². The van der Waals surface area contributed by atoms with E-state index in [9.17, 15) is 28.1 Å². The number of benzene rings is 2. The van der Waals surface area contributed by atoms with E-state index in [4.69, 9.17) is 0 Å². The molecule has 0 radical (unpaired) electrons. The second-order valence-corrected chi connectivity index (χ2v) is 10.6. The van der Waals surface area contributed by atoms with Crippen LogP contribution in [0.25, 0.3) is 0 Å². The molecule has 39 heavy (non-hydrogen) atoms. The average molecular weight is 548 g/mol. The maximum absolute atomic E-state index is 13.3. The summed E-state index contributed by atoms with van der Waals surface area (Å²) >= 11 is 0. The molecule has 212 valence electrons. The number of carbonyl (C=O) groups excluding carboxylic acids is 1. The van der Waals surface area contributed by atoms with E-state index < -0.39 is 22.4 Å². The van der Waals surface area contributed by atoms with E-state index in [0.29, 0.717) is 25.9 Å². The molecular formula is C28H36F3N5O3. The zero-order chi connectivity index (χ0) is 28.3. The van der Waals surface area contributed by atoms with Gasteiger partial charge in [0.25, 0.3) is 5.69 Å². The Hall–Kier alpha value is -3.34. The lowest BCUT2D eigenvalue weighted by atomic mass is 9.97. The first kappa shape index (κ1) is 28.7. The van der Waals surface area contributed by atoms with Gasteiger partial charge >= 0.3 is 6.18 Å². The Kier molecular flexibility index (Phi) is 8.68. The standard InChI is InChI=1S/C28H36F3N5O3/c1-19-4-7-24(8-5-19)34-16-14-33(15-17-34)21(3)20(2)27(37)35-12-10-22(11-13-35)32-23-6-9-26(36(38)39)25(18-23)28(29,30)31/h4-9,18,20-22,32H,10-17H2,1-3H3. The number of aryl methyl sites for hydroxylation is 1. The van der Waals surface area contributed by atoms with Gasteiger partial charge in [0, 0.05) is 68.8 Å². The molecule has 0 saturated carbocycles. The molecule has 2 aromatic carbocycles. The van der Waals surface area contributed by atoms with E-state index in [-0.39, 0.29) is 29.6 Å². The monoisotopic (exact) mass is 547 g/mol. The predicted octanol–water partition coefficient (Wildman–Crippen LogP) is 5.17. The quantitative estimate of drug-likeness (QED) is 0.381. The van der Waals surface area contributed by atoms with Gasteiger partial charge in [-0.15, -0.1) is 0 Å². The molecule has 0 aliphatic carbocycles. The molecule has 8 nitrogen and oxygen atoms in total. The van der Waals surface area contributed by atoms with Crippen molar-refractivity contribution in [1.82, 2.24) is 9.80 Å². The van der Waals surface area contributed by atoms with E-state index in [1.54, 1.807) is 0 Å². The number of amides is 1. The number of nitro benzene ring substituents is 1. The van der Waals surface area contributed by atoms with Crippen LogP contribution >= 0.6 is 0 Å². The minimum Gasteiger partial charge on any atom is -0.382 e. The fourth-order valence-corrected chi connectivity index (χ4v) is 5.45. The van der Waals surface area contributed by atoms with Gasteiger partial charge in [-0.05, 0) is 51.0 Å². The summed E-state index contributed by atoms with van der Waals surface area (Å²) in [6.07, 6.45) is -3.66. The smallest absolute Gasteiger partial charge is 0.382 e. The Bertz CT molecular complexity index is 1160. The lowest BCUT2D eigenvalue weighted by Crippen LogP contribution is -2.54. The van der Waals surface area contributed by atoms with Crippen LogP contribution in [0.15, 0.2) is 42.5 Å². The van der Waals surface area contributed by atoms with Gasteiger partial charge in [-0.25, -0.2) is 0 Å². The van der Waals surface area contributed by atoms with Gasteiger partial charge in [-0.1, -0.05) is 24.6 Å². The van der Waals surface area contributed by atoms with E-state index in [0.717, 1.165) is 38.3 Å². The third-order valence-corrected chi connectivity index (χ3v) is 8.08. The Morgan fingerprint density at radius 2 is 1.62 bits per heavy atom. The van der Waals surface area contributed by atoms with Crippen LogP contribution in [0.3, 0.4) is 0 Å². The van der Waals surface area contributed by atoms with Gasteiger partial charge in [0.2, 0.25) is 5.91 Å². The number of anilines is 2. The summed E-state index contributed by atoms with van der Waals surface area (Å²) in [5.74, 6) is -0.0824. The third kappa shape index (κ3) is 6.81. The molecular weight excluding hydrogens is 511 g/mol. The minimum atomic E-state index is -4.82. The van der Waals surface area contributed by atoms with Gasteiger partial charge in [-0.2, -0.15) is 13.2 Å². The molecule has 0 aromatic heterocycles. The van der Waals surface area contributed by atoms with Crippen LogP contribution < -0.4 is 10.2 Å². The Morgan fingerprint density at radius 3 is 2.18 bits per heavy atom. The Morgan fingerprint density at radius 1 is 1.00 bits per heavy atom. The lowest BCUT2D eigenvalue weighted by molar-refractivity contribution is -0.388. The fraction of sp³-hybridized carbons (Fsp3) is 0.536. The molecule has 0 spiro atoms. The maximum Gasteiger partial charge on any atom is 0.423 e. The number of piperidine rings is 1. The van der Waals surface area contributed by atoms with Gasteiger partial charge < -0.3 is 15.1 Å². The highest BCUT2D eigenvalue weighted by molar-refractivity contribution is 5.79. The Labute approximate surface area is 226 Å². The third-order valence-electron chi connectivity index (χ3n) is 8.08. The second kappa shape index (κ2) is 11.8. The van der Waals surface area contributed by atoms with Crippen molar-refractivity contribution in [3.8, 4) is 0 Å². The number of likely N-dealkylation sites (tertiary alicyclic amines) is 1. The van der Waals surface area contributed by atoms with Crippen LogP contribution in [0.1, 0.15) is 37.8 Å². The molecule has 2 unspecified atom stereocenters. The summed E-state index contributed by atoms with van der Waals surface area (Å²) < 4.78 is 39.9. The zero-order valence-corrected chi connectivity index (χ0v) is 22.6. The van der Waals surface area contributed by atoms with Crippen LogP contribution in [0.4, 0.5) is 30.2 Å². The van der Waals surface area contributed by atoms with Crippen molar-refractivity contribution in [2.75, 3.05) is 49.5 Å². The SMILES string of the molecule is Cc1ccc(N2CCN(C(C)C(C)C(=O)N3CCC(Nc4ccc([N+](=O)[O-])c(C(F)(F)F)c4)CC3)CC2)cc1. The molecule has 2 aliphatic heterocycles. The zero-order valence-electron chi connectivity index (χ0n) is 22.6. The number of alkyl halides is 3. The number of nitro groups is 1. The predicted molar refractivity (Wildman–Crippen MR) is 145 cm³/mol. The van der Waals surface area contributed by atoms with Crippen molar-refractivity contribution in [3.63, 3.8) is 0 Å². The molecule has 11 heteroatoms. The summed E-state index contributed by atoms with van der Waals surface area (Å²) in [5, 5.41) is 14.1. The summed E-state index contributed by atoms with van der Waals surface area (Å²) in [4.78, 5) is 29.9. The number of hydrogen-bond acceptors (Lipinski definition) is 6. The molecule has 0 bridgehead atoms. The van der Waals surface area contributed by atoms with Crippen LogP contribution in [-0.2, 0) is 11.0 Å². The molecule has 1 amide bonds.